The molecule has 0 saturated heterocycles. The number of aromatic nitrogens is 3. The number of imidazole rings is 2. The fraction of sp³-hybridized carbons (Fsp3) is 0. The van der Waals surface area contributed by atoms with Crippen molar-refractivity contribution in [3.05, 3.63) is 116 Å². The van der Waals surface area contributed by atoms with Gasteiger partial charge in [-0.05, 0) is 70.8 Å². The Morgan fingerprint density at radius 2 is 1.11 bits per heavy atom. The topological polar surface area (TPSA) is 48.5 Å². The molecule has 0 spiro atoms. The van der Waals surface area contributed by atoms with E-state index in [9.17, 15) is 0 Å². The highest BCUT2D eigenvalue weighted by Gasteiger charge is 2.27. The first kappa shape index (κ1) is 19.8. The van der Waals surface area contributed by atoms with Crippen LogP contribution in [-0.2, 0) is 0 Å². The van der Waals surface area contributed by atoms with Crippen LogP contribution in [0.25, 0.3) is 78.4 Å². The molecule has 1 aliphatic carbocycles. The van der Waals surface area contributed by atoms with Crippen LogP contribution in [0.3, 0.4) is 0 Å². The number of rotatable bonds is 1. The van der Waals surface area contributed by atoms with Crippen LogP contribution in [0, 0.1) is 0 Å². The number of para-hydroxylation sites is 4. The number of hydrogen-bond donors (Lipinski definition) is 0. The van der Waals surface area contributed by atoms with Crippen LogP contribution in [0.4, 0.5) is 0 Å². The van der Waals surface area contributed by atoms with E-state index in [0.717, 1.165) is 78.4 Å². The molecular formula is C33H19N3O2. The van der Waals surface area contributed by atoms with Gasteiger partial charge in [0, 0.05) is 16.8 Å². The van der Waals surface area contributed by atoms with Crippen molar-refractivity contribution in [3.63, 3.8) is 0 Å². The Morgan fingerprint density at radius 1 is 0.500 bits per heavy atom. The largest absolute Gasteiger partial charge is 0.460 e. The smallest absolute Gasteiger partial charge is 0.220 e. The molecule has 0 fully saturated rings. The molecule has 0 radical (unpaired) electrons. The van der Waals surface area contributed by atoms with Gasteiger partial charge in [0.25, 0.3) is 0 Å². The van der Waals surface area contributed by atoms with Crippen molar-refractivity contribution in [2.75, 3.05) is 0 Å². The van der Waals surface area contributed by atoms with E-state index in [2.05, 4.69) is 93.9 Å². The molecule has 178 valence electrons. The first-order valence-corrected chi connectivity index (χ1v) is 12.6. The highest BCUT2D eigenvalue weighted by molar-refractivity contribution is 6.01. The van der Waals surface area contributed by atoms with Gasteiger partial charge in [-0.3, -0.25) is 8.97 Å². The van der Waals surface area contributed by atoms with Gasteiger partial charge in [-0.15, -0.1) is 0 Å². The van der Waals surface area contributed by atoms with E-state index in [-0.39, 0.29) is 0 Å². The third kappa shape index (κ3) is 2.47. The number of nitrogens with zero attached hydrogens (tertiary/aromatic N) is 3. The van der Waals surface area contributed by atoms with Gasteiger partial charge in [-0.2, -0.15) is 0 Å². The Balaban J connectivity index is 1.40. The minimum Gasteiger partial charge on any atom is -0.460 e. The first-order chi connectivity index (χ1) is 18.9. The summed E-state index contributed by atoms with van der Waals surface area (Å²) >= 11 is 0. The third-order valence-electron chi connectivity index (χ3n) is 7.70. The van der Waals surface area contributed by atoms with Crippen molar-refractivity contribution in [2.24, 2.45) is 0 Å². The second-order valence-electron chi connectivity index (χ2n) is 9.66. The number of hydrogen-bond acceptors (Lipinski definition) is 3. The standard InChI is InChI=1S/C33H19N3O2/c1-2-8-22-21(7-1)24-15-17-37-31(24)32-25(16-18-38-32)23-14-13-20(19-26(22)23)35-29-11-5-6-12-30(29)36-28-10-4-3-9-27(28)34-33(35)36/h1-19H. The summed E-state index contributed by atoms with van der Waals surface area (Å²) in [6, 6.07) is 36.0. The predicted octanol–water partition coefficient (Wildman–Crippen LogP) is 8.60. The maximum Gasteiger partial charge on any atom is 0.220 e. The molecule has 5 nitrogen and oxygen atoms in total. The van der Waals surface area contributed by atoms with Gasteiger partial charge in [-0.25, -0.2) is 4.98 Å². The van der Waals surface area contributed by atoms with Crippen LogP contribution < -0.4 is 0 Å². The van der Waals surface area contributed by atoms with Crippen LogP contribution in [0.5, 0.6) is 0 Å². The summed E-state index contributed by atoms with van der Waals surface area (Å²) < 4.78 is 16.4. The van der Waals surface area contributed by atoms with Crippen LogP contribution in [-0.4, -0.2) is 14.0 Å². The monoisotopic (exact) mass is 489 g/mol. The lowest BCUT2D eigenvalue weighted by Crippen LogP contribution is -1.99. The molecule has 4 heterocycles. The highest BCUT2D eigenvalue weighted by Crippen LogP contribution is 2.49. The third-order valence-corrected chi connectivity index (χ3v) is 7.70. The van der Waals surface area contributed by atoms with E-state index in [1.54, 1.807) is 12.5 Å². The maximum absolute atomic E-state index is 5.99. The van der Waals surface area contributed by atoms with Gasteiger partial charge < -0.3 is 8.83 Å². The second-order valence-corrected chi connectivity index (χ2v) is 9.66. The first-order valence-electron chi connectivity index (χ1n) is 12.6. The molecule has 0 aliphatic heterocycles. The quantitative estimate of drug-likeness (QED) is 0.232. The van der Waals surface area contributed by atoms with E-state index < -0.39 is 0 Å². The van der Waals surface area contributed by atoms with Crippen molar-refractivity contribution in [2.45, 2.75) is 0 Å². The molecule has 0 unspecified atom stereocenters. The number of fused-ring (bicyclic) bond motifs is 13. The summed E-state index contributed by atoms with van der Waals surface area (Å²) in [5.74, 6) is 2.41. The fourth-order valence-corrected chi connectivity index (χ4v) is 6.08. The number of benzene rings is 4. The molecule has 0 N–H and O–H groups in total. The van der Waals surface area contributed by atoms with Crippen molar-refractivity contribution in [3.8, 4) is 50.6 Å². The minimum atomic E-state index is 0.752. The molecule has 1 aliphatic rings. The van der Waals surface area contributed by atoms with E-state index in [4.69, 9.17) is 13.8 Å². The van der Waals surface area contributed by atoms with Crippen LogP contribution >= 0.6 is 0 Å². The van der Waals surface area contributed by atoms with Gasteiger partial charge in [-0.1, -0.05) is 54.6 Å². The summed E-state index contributed by atoms with van der Waals surface area (Å²) in [5, 5.41) is 0. The van der Waals surface area contributed by atoms with E-state index in [1.165, 1.54) is 0 Å². The maximum atomic E-state index is 5.99. The van der Waals surface area contributed by atoms with E-state index >= 15 is 0 Å². The molecule has 0 saturated carbocycles. The van der Waals surface area contributed by atoms with Crippen molar-refractivity contribution in [1.82, 2.24) is 14.0 Å². The van der Waals surface area contributed by atoms with Crippen LogP contribution in [0.2, 0.25) is 0 Å². The molecule has 0 bridgehead atoms. The molecule has 4 aromatic heterocycles. The van der Waals surface area contributed by atoms with Crippen molar-refractivity contribution < 1.29 is 8.83 Å². The Hall–Kier alpha value is -5.29. The Bertz CT molecular complexity index is 2200. The van der Waals surface area contributed by atoms with Gasteiger partial charge in [0.15, 0.2) is 11.5 Å². The van der Waals surface area contributed by atoms with Gasteiger partial charge in [0.2, 0.25) is 5.78 Å². The molecular weight excluding hydrogens is 470 g/mol. The zero-order chi connectivity index (χ0) is 24.8. The highest BCUT2D eigenvalue weighted by atomic mass is 16.4. The lowest BCUT2D eigenvalue weighted by atomic mass is 9.86. The summed E-state index contributed by atoms with van der Waals surface area (Å²) in [5.41, 5.74) is 11.9. The lowest BCUT2D eigenvalue weighted by Gasteiger charge is -2.19. The minimum absolute atomic E-state index is 0.752. The summed E-state index contributed by atoms with van der Waals surface area (Å²) in [6.07, 6.45) is 3.48. The van der Waals surface area contributed by atoms with Gasteiger partial charge >= 0.3 is 0 Å². The SMILES string of the molecule is c1ccc2c(c1)-c1cc(-n3c4ccccc4n4c5ccccc5nc34)ccc1-c1ccoc1-c1occc1-2. The molecule has 8 aromatic rings. The second kappa shape index (κ2) is 7.14. The molecule has 0 amide bonds. The van der Waals surface area contributed by atoms with E-state index in [0.29, 0.717) is 0 Å². The zero-order valence-corrected chi connectivity index (χ0v) is 20.1. The van der Waals surface area contributed by atoms with Crippen molar-refractivity contribution in [1.29, 1.82) is 0 Å². The fourth-order valence-electron chi connectivity index (χ4n) is 6.08. The molecule has 4 aromatic carbocycles. The summed E-state index contributed by atoms with van der Waals surface area (Å²) in [7, 11) is 0. The van der Waals surface area contributed by atoms with Crippen LogP contribution in [0.15, 0.2) is 124 Å². The average Bonchev–Trinajstić information content (AvgIpc) is 3.74. The van der Waals surface area contributed by atoms with Crippen molar-refractivity contribution >= 4 is 27.8 Å². The van der Waals surface area contributed by atoms with Gasteiger partial charge in [0.05, 0.1) is 34.6 Å². The molecule has 5 heteroatoms. The Labute approximate surface area is 216 Å². The summed E-state index contributed by atoms with van der Waals surface area (Å²) in [6.45, 7) is 0. The van der Waals surface area contributed by atoms with Crippen LogP contribution in [0.1, 0.15) is 0 Å². The molecule has 0 atom stereocenters. The van der Waals surface area contributed by atoms with Gasteiger partial charge in [0.1, 0.15) is 0 Å². The number of furan rings is 2. The predicted molar refractivity (Wildman–Crippen MR) is 149 cm³/mol. The zero-order valence-electron chi connectivity index (χ0n) is 20.1. The van der Waals surface area contributed by atoms with E-state index in [1.807, 2.05) is 18.2 Å². The summed E-state index contributed by atoms with van der Waals surface area (Å²) in [4.78, 5) is 5.07. The molecule has 38 heavy (non-hydrogen) atoms. The normalized spacial score (nSPS) is 12.2. The average molecular weight is 490 g/mol. The lowest BCUT2D eigenvalue weighted by molar-refractivity contribution is 0.525. The Morgan fingerprint density at radius 3 is 1.87 bits per heavy atom. The Kier molecular flexibility index (Phi) is 3.73. The molecule has 9 rings (SSSR count).